The van der Waals surface area contributed by atoms with Crippen molar-refractivity contribution in [1.82, 2.24) is 14.3 Å². The van der Waals surface area contributed by atoms with Gasteiger partial charge in [0, 0.05) is 25.2 Å². The first-order chi connectivity index (χ1) is 14.4. The normalized spacial score (nSPS) is 12.3. The van der Waals surface area contributed by atoms with Gasteiger partial charge in [0.05, 0.1) is 16.2 Å². The zero-order valence-corrected chi connectivity index (χ0v) is 18.8. The molecule has 0 saturated heterocycles. The highest BCUT2D eigenvalue weighted by molar-refractivity contribution is 7.90. The van der Waals surface area contributed by atoms with Gasteiger partial charge in [-0.3, -0.25) is 0 Å². The molecule has 0 fully saturated rings. The van der Waals surface area contributed by atoms with E-state index in [1.54, 1.807) is 12.1 Å². The summed E-state index contributed by atoms with van der Waals surface area (Å²) in [6.45, 7) is 2.89. The Kier molecular flexibility index (Phi) is 6.28. The number of hydrogen-bond acceptors (Lipinski definition) is 7. The van der Waals surface area contributed by atoms with Crippen LogP contribution in [0.1, 0.15) is 19.4 Å². The van der Waals surface area contributed by atoms with Crippen LogP contribution in [-0.2, 0) is 15.8 Å². The summed E-state index contributed by atoms with van der Waals surface area (Å²) in [4.78, 5) is 8.29. The Morgan fingerprint density at radius 3 is 2.35 bits per heavy atom. The van der Waals surface area contributed by atoms with Crippen LogP contribution in [-0.4, -0.2) is 41.9 Å². The minimum absolute atomic E-state index is 0.130. The third-order valence-corrected chi connectivity index (χ3v) is 6.63. The summed E-state index contributed by atoms with van der Waals surface area (Å²) in [6, 6.07) is 6.91. The van der Waals surface area contributed by atoms with Crippen LogP contribution in [0.3, 0.4) is 0 Å². The number of halogens is 2. The van der Waals surface area contributed by atoms with Crippen LogP contribution in [0.25, 0.3) is 10.4 Å². The molecule has 2 heterocycles. The lowest BCUT2D eigenvalue weighted by Gasteiger charge is -2.18. The summed E-state index contributed by atoms with van der Waals surface area (Å²) < 4.78 is 56.2. The number of nitrogens with one attached hydrogen (secondary N) is 2. The number of aliphatic hydroxyl groups is 1. The van der Waals surface area contributed by atoms with Gasteiger partial charge < -0.3 is 10.4 Å². The van der Waals surface area contributed by atoms with Crippen LogP contribution in [0, 0.1) is 11.6 Å². The van der Waals surface area contributed by atoms with Crippen LogP contribution in [0.2, 0.25) is 0 Å². The molecule has 3 aromatic rings. The van der Waals surface area contributed by atoms with Crippen molar-refractivity contribution >= 4 is 38.3 Å². The Hall–Kier alpha value is -2.67. The van der Waals surface area contributed by atoms with Crippen molar-refractivity contribution in [3.05, 3.63) is 53.7 Å². The second-order valence-corrected chi connectivity index (χ2v) is 10.3. The third kappa shape index (κ3) is 5.34. The molecule has 0 aliphatic heterocycles. The number of nitrogens with zero attached hydrogens (tertiary/aromatic N) is 3. The van der Waals surface area contributed by atoms with Crippen LogP contribution < -0.4 is 10.0 Å². The van der Waals surface area contributed by atoms with Crippen molar-refractivity contribution in [1.29, 1.82) is 0 Å². The Bertz CT molecular complexity index is 1180. The van der Waals surface area contributed by atoms with E-state index in [0.717, 1.165) is 27.8 Å². The molecule has 12 heteroatoms. The Morgan fingerprint density at radius 1 is 1.13 bits per heavy atom. The molecule has 1 aromatic carbocycles. The van der Waals surface area contributed by atoms with E-state index >= 15 is 0 Å². The van der Waals surface area contributed by atoms with E-state index < -0.39 is 27.4 Å². The second kappa shape index (κ2) is 8.46. The van der Waals surface area contributed by atoms with Crippen LogP contribution in [0.5, 0.6) is 0 Å². The van der Waals surface area contributed by atoms with Gasteiger partial charge in [0.15, 0.2) is 0 Å². The fraction of sp³-hybridized carbons (Fsp3) is 0.263. The van der Waals surface area contributed by atoms with Gasteiger partial charge in [0.2, 0.25) is 5.95 Å². The van der Waals surface area contributed by atoms with Crippen LogP contribution in [0.15, 0.2) is 36.5 Å². The Labute approximate surface area is 182 Å². The van der Waals surface area contributed by atoms with Crippen LogP contribution >= 0.6 is 11.3 Å². The van der Waals surface area contributed by atoms with Crippen molar-refractivity contribution in [2.45, 2.75) is 19.4 Å². The summed E-state index contributed by atoms with van der Waals surface area (Å²) in [6.07, 6.45) is 1.37. The van der Waals surface area contributed by atoms with E-state index in [2.05, 4.69) is 20.0 Å². The third-order valence-electron chi connectivity index (χ3n) is 4.21. The van der Waals surface area contributed by atoms with Gasteiger partial charge >= 0.3 is 10.2 Å². The summed E-state index contributed by atoms with van der Waals surface area (Å²) >= 11 is 1.09. The van der Waals surface area contributed by atoms with Gasteiger partial charge in [0.25, 0.3) is 0 Å². The average molecular weight is 470 g/mol. The Morgan fingerprint density at radius 2 is 1.77 bits per heavy atom. The molecule has 3 N–H and O–H groups in total. The summed E-state index contributed by atoms with van der Waals surface area (Å²) in [5, 5.41) is 13.5. The van der Waals surface area contributed by atoms with Crippen molar-refractivity contribution in [3.63, 3.8) is 0 Å². The average Bonchev–Trinajstić information content (AvgIpc) is 3.08. The van der Waals surface area contributed by atoms with Crippen molar-refractivity contribution < 1.29 is 22.3 Å². The predicted molar refractivity (Wildman–Crippen MR) is 116 cm³/mol. The van der Waals surface area contributed by atoms with E-state index in [0.29, 0.717) is 9.88 Å². The standard InChI is InChI=1S/C19H21F2N5O3S2/c1-19(2,27)11-9-12(20)17(13(21)10-11)14-5-6-16(30-14)23-15-7-8-22-18(24-15)25-31(28,29)26(3)4/h5-10,27H,1-4H3,(H2,22,23,24,25). The maximum atomic E-state index is 14.6. The zero-order chi connectivity index (χ0) is 23.0. The molecule has 2 aromatic heterocycles. The smallest absolute Gasteiger partial charge is 0.303 e. The molecule has 31 heavy (non-hydrogen) atoms. The van der Waals surface area contributed by atoms with Gasteiger partial charge in [-0.15, -0.1) is 11.3 Å². The van der Waals surface area contributed by atoms with E-state index in [1.165, 1.54) is 40.2 Å². The molecular formula is C19H21F2N5O3S2. The lowest BCUT2D eigenvalue weighted by molar-refractivity contribution is 0.0779. The number of thiophene rings is 1. The minimum atomic E-state index is -3.76. The van der Waals surface area contributed by atoms with Crippen molar-refractivity contribution in [2.24, 2.45) is 0 Å². The molecule has 0 amide bonds. The fourth-order valence-electron chi connectivity index (χ4n) is 2.51. The molecule has 3 rings (SSSR count). The van der Waals surface area contributed by atoms with E-state index in [4.69, 9.17) is 0 Å². The topological polar surface area (TPSA) is 107 Å². The first-order valence-electron chi connectivity index (χ1n) is 8.99. The monoisotopic (exact) mass is 469 g/mol. The van der Waals surface area contributed by atoms with Crippen molar-refractivity contribution in [3.8, 4) is 10.4 Å². The van der Waals surface area contributed by atoms with E-state index in [9.17, 15) is 22.3 Å². The van der Waals surface area contributed by atoms with E-state index in [-0.39, 0.29) is 22.9 Å². The first kappa shape index (κ1) is 23.0. The maximum Gasteiger partial charge on any atom is 0.303 e. The molecular weight excluding hydrogens is 448 g/mol. The van der Waals surface area contributed by atoms with Gasteiger partial charge in [-0.1, -0.05) is 0 Å². The SMILES string of the molecule is CN(C)S(=O)(=O)Nc1nccc(Nc2ccc(-c3c(F)cc(C(C)(C)O)cc3F)s2)n1. The molecule has 166 valence electrons. The highest BCUT2D eigenvalue weighted by Gasteiger charge is 2.22. The molecule has 0 aliphatic rings. The largest absolute Gasteiger partial charge is 0.386 e. The lowest BCUT2D eigenvalue weighted by Crippen LogP contribution is -2.29. The molecule has 0 unspecified atom stereocenters. The van der Waals surface area contributed by atoms with Gasteiger partial charge in [-0.25, -0.2) is 18.5 Å². The maximum absolute atomic E-state index is 14.6. The zero-order valence-electron chi connectivity index (χ0n) is 17.1. The molecule has 8 nitrogen and oxygen atoms in total. The quantitative estimate of drug-likeness (QED) is 0.487. The van der Waals surface area contributed by atoms with Gasteiger partial charge in [-0.05, 0) is 49.7 Å². The molecule has 0 saturated carbocycles. The summed E-state index contributed by atoms with van der Waals surface area (Å²) in [7, 11) is -1.03. The Balaban J connectivity index is 1.84. The van der Waals surface area contributed by atoms with Crippen LogP contribution in [0.4, 0.5) is 25.5 Å². The molecule has 0 spiro atoms. The number of anilines is 3. The number of hydrogen-bond donors (Lipinski definition) is 3. The molecule has 0 aliphatic carbocycles. The summed E-state index contributed by atoms with van der Waals surface area (Å²) in [5.41, 5.74) is -1.44. The number of aromatic nitrogens is 2. The second-order valence-electron chi connectivity index (χ2n) is 7.32. The number of rotatable bonds is 7. The fourth-order valence-corrected chi connectivity index (χ4v) is 3.98. The van der Waals surface area contributed by atoms with Crippen molar-refractivity contribution in [2.75, 3.05) is 24.1 Å². The summed E-state index contributed by atoms with van der Waals surface area (Å²) in [5.74, 6) is -1.41. The van der Waals surface area contributed by atoms with Gasteiger partial charge in [-0.2, -0.15) is 17.7 Å². The molecule has 0 atom stereocenters. The highest BCUT2D eigenvalue weighted by atomic mass is 32.2. The molecule has 0 radical (unpaired) electrons. The lowest BCUT2D eigenvalue weighted by atomic mass is 9.96. The van der Waals surface area contributed by atoms with E-state index in [1.807, 2.05) is 0 Å². The first-order valence-corrected chi connectivity index (χ1v) is 11.2. The highest BCUT2D eigenvalue weighted by Crippen LogP contribution is 2.37. The minimum Gasteiger partial charge on any atom is -0.386 e. The predicted octanol–water partition coefficient (Wildman–Crippen LogP) is 3.67. The van der Waals surface area contributed by atoms with Gasteiger partial charge in [0.1, 0.15) is 17.5 Å². The molecule has 0 bridgehead atoms. The number of benzene rings is 1.